The van der Waals surface area contributed by atoms with E-state index in [9.17, 15) is 8.78 Å². The fourth-order valence-corrected chi connectivity index (χ4v) is 2.09. The smallest absolute Gasteiger partial charge is 0.201 e. The lowest BCUT2D eigenvalue weighted by atomic mass is 10.1. The van der Waals surface area contributed by atoms with Crippen molar-refractivity contribution in [1.82, 2.24) is 0 Å². The lowest BCUT2D eigenvalue weighted by molar-refractivity contribution is 0.0618. The minimum atomic E-state index is -2.06. The van der Waals surface area contributed by atoms with Crippen molar-refractivity contribution in [2.24, 2.45) is 0 Å². The maximum atomic E-state index is 12.3. The zero-order valence-corrected chi connectivity index (χ0v) is 8.53. The zero-order valence-electron chi connectivity index (χ0n) is 7.53. The van der Waals surface area contributed by atoms with Crippen molar-refractivity contribution in [3.05, 3.63) is 0 Å². The van der Waals surface area contributed by atoms with Gasteiger partial charge in [0.15, 0.2) is 8.32 Å². The van der Waals surface area contributed by atoms with Gasteiger partial charge in [-0.25, -0.2) is 8.78 Å². The summed E-state index contributed by atoms with van der Waals surface area (Å²) in [6, 6.07) is 1.53. The summed E-state index contributed by atoms with van der Waals surface area (Å²) in [7, 11) is -2.06. The van der Waals surface area contributed by atoms with Gasteiger partial charge in [0.25, 0.3) is 0 Å². The van der Waals surface area contributed by atoms with E-state index in [4.69, 9.17) is 9.69 Å². The van der Waals surface area contributed by atoms with Gasteiger partial charge >= 0.3 is 0 Å². The summed E-state index contributed by atoms with van der Waals surface area (Å²) in [5, 5.41) is 8.51. The number of alkyl halides is 2. The Kier molecular flexibility index (Phi) is 3.81. The van der Waals surface area contributed by atoms with Crippen molar-refractivity contribution >= 4 is 8.32 Å². The van der Waals surface area contributed by atoms with Gasteiger partial charge in [-0.3, -0.25) is 0 Å². The molecule has 0 fully saturated rings. The number of nitrogens with zero attached hydrogens (tertiary/aromatic N) is 1. The minimum absolute atomic E-state index is 1.09. The van der Waals surface area contributed by atoms with Crippen LogP contribution in [0.5, 0.6) is 0 Å². The van der Waals surface area contributed by atoms with Crippen LogP contribution in [0.1, 0.15) is 0 Å². The van der Waals surface area contributed by atoms with Crippen LogP contribution < -0.4 is 0 Å². The molecule has 0 amide bonds. The largest absolute Gasteiger partial charge is 0.396 e. The first-order valence-electron chi connectivity index (χ1n) is 3.62. The van der Waals surface area contributed by atoms with Gasteiger partial charge in [0.2, 0.25) is 5.60 Å². The summed E-state index contributed by atoms with van der Waals surface area (Å²) >= 11 is 0. The summed E-state index contributed by atoms with van der Waals surface area (Å²) in [4.78, 5) is 0. The lowest BCUT2D eigenvalue weighted by Gasteiger charge is -2.28. The van der Waals surface area contributed by atoms with Gasteiger partial charge in [-0.1, -0.05) is 0 Å². The van der Waals surface area contributed by atoms with E-state index in [-0.39, 0.29) is 0 Å². The summed E-state index contributed by atoms with van der Waals surface area (Å²) in [5.41, 5.74) is -1.86. The Bertz CT molecular complexity index is 181. The van der Waals surface area contributed by atoms with Crippen LogP contribution in [-0.4, -0.2) is 27.3 Å². The summed E-state index contributed by atoms with van der Waals surface area (Å²) in [6.07, 6.45) is 0. The van der Waals surface area contributed by atoms with E-state index in [0.717, 1.165) is 0 Å². The Morgan fingerprint density at radius 2 is 1.75 bits per heavy atom. The van der Waals surface area contributed by atoms with Gasteiger partial charge in [-0.15, -0.1) is 0 Å². The second-order valence-corrected chi connectivity index (χ2v) is 8.02. The lowest BCUT2D eigenvalue weighted by Crippen LogP contribution is -2.45. The third-order valence-electron chi connectivity index (χ3n) is 1.14. The molecule has 70 valence electrons. The molecule has 0 aliphatic heterocycles. The van der Waals surface area contributed by atoms with Crippen LogP contribution in [0.3, 0.4) is 0 Å². The number of rotatable bonds is 4. The second kappa shape index (κ2) is 3.96. The highest BCUT2D eigenvalue weighted by Gasteiger charge is 2.36. The predicted octanol–water partition coefficient (Wildman–Crippen LogP) is 2.04. The van der Waals surface area contributed by atoms with Crippen LogP contribution in [0.4, 0.5) is 8.78 Å². The fourth-order valence-electron chi connectivity index (χ4n) is 0.759. The van der Waals surface area contributed by atoms with Gasteiger partial charge in [0.1, 0.15) is 19.4 Å². The van der Waals surface area contributed by atoms with Crippen molar-refractivity contribution in [3.8, 4) is 6.07 Å². The first-order chi connectivity index (χ1) is 5.39. The molecule has 12 heavy (non-hydrogen) atoms. The molecule has 0 atom stereocenters. The Morgan fingerprint density at radius 1 is 1.33 bits per heavy atom. The van der Waals surface area contributed by atoms with Crippen LogP contribution in [0.15, 0.2) is 0 Å². The molecule has 0 heterocycles. The van der Waals surface area contributed by atoms with Crippen LogP contribution >= 0.6 is 0 Å². The van der Waals surface area contributed by atoms with Crippen molar-refractivity contribution in [3.63, 3.8) is 0 Å². The van der Waals surface area contributed by atoms with Crippen LogP contribution in [-0.2, 0) is 4.43 Å². The molecule has 0 unspecified atom stereocenters. The van der Waals surface area contributed by atoms with Crippen LogP contribution in [0.25, 0.3) is 0 Å². The molecule has 0 aromatic carbocycles. The average molecular weight is 193 g/mol. The minimum Gasteiger partial charge on any atom is -0.396 e. The van der Waals surface area contributed by atoms with Crippen LogP contribution in [0, 0.1) is 11.3 Å². The number of nitriles is 1. The van der Waals surface area contributed by atoms with E-state index >= 15 is 0 Å². The summed E-state index contributed by atoms with van der Waals surface area (Å²) in [6.45, 7) is 3.16. The summed E-state index contributed by atoms with van der Waals surface area (Å²) in [5.74, 6) is 0. The monoisotopic (exact) mass is 193 g/mol. The Balaban J connectivity index is 4.45. The quantitative estimate of drug-likeness (QED) is 0.640. The van der Waals surface area contributed by atoms with E-state index < -0.39 is 27.3 Å². The van der Waals surface area contributed by atoms with Gasteiger partial charge in [-0.05, 0) is 19.6 Å². The van der Waals surface area contributed by atoms with E-state index in [0.29, 0.717) is 0 Å². The molecule has 0 rings (SSSR count). The molecule has 0 aliphatic rings. The Morgan fingerprint density at radius 3 is 1.83 bits per heavy atom. The average Bonchev–Trinajstić information content (AvgIpc) is 1.99. The van der Waals surface area contributed by atoms with E-state index in [1.165, 1.54) is 6.07 Å². The van der Waals surface area contributed by atoms with E-state index in [1.54, 1.807) is 19.6 Å². The molecule has 0 spiro atoms. The molecular formula is C7H13F2NOSi. The molecule has 5 heteroatoms. The molecule has 0 aromatic rings. The van der Waals surface area contributed by atoms with E-state index in [1.807, 2.05) is 0 Å². The number of hydrogen-bond acceptors (Lipinski definition) is 2. The van der Waals surface area contributed by atoms with Crippen molar-refractivity contribution in [1.29, 1.82) is 5.26 Å². The first-order valence-corrected chi connectivity index (χ1v) is 7.03. The molecule has 0 saturated heterocycles. The van der Waals surface area contributed by atoms with E-state index in [2.05, 4.69) is 0 Å². The van der Waals surface area contributed by atoms with Gasteiger partial charge in [0, 0.05) is 0 Å². The molecule has 0 bridgehead atoms. The highest BCUT2D eigenvalue weighted by atomic mass is 28.4. The number of halogens is 2. The third kappa shape index (κ3) is 3.28. The topological polar surface area (TPSA) is 33.0 Å². The molecule has 0 radical (unpaired) electrons. The third-order valence-corrected chi connectivity index (χ3v) is 2.14. The predicted molar refractivity (Wildman–Crippen MR) is 44.7 cm³/mol. The maximum absolute atomic E-state index is 12.3. The molecule has 0 aliphatic carbocycles. The fraction of sp³-hybridized carbons (Fsp3) is 0.857. The Labute approximate surface area is 72.3 Å². The van der Waals surface area contributed by atoms with Crippen molar-refractivity contribution in [2.75, 3.05) is 13.3 Å². The van der Waals surface area contributed by atoms with Crippen molar-refractivity contribution in [2.45, 2.75) is 25.2 Å². The van der Waals surface area contributed by atoms with Gasteiger partial charge in [0.05, 0.1) is 0 Å². The Hall–Kier alpha value is -0.473. The summed E-state index contributed by atoms with van der Waals surface area (Å²) < 4.78 is 29.7. The van der Waals surface area contributed by atoms with Crippen molar-refractivity contribution < 1.29 is 13.2 Å². The molecule has 2 nitrogen and oxygen atoms in total. The second-order valence-electron chi connectivity index (χ2n) is 3.59. The highest BCUT2D eigenvalue weighted by Crippen LogP contribution is 2.18. The van der Waals surface area contributed by atoms with Gasteiger partial charge < -0.3 is 4.43 Å². The normalized spacial score (nSPS) is 12.7. The highest BCUT2D eigenvalue weighted by molar-refractivity contribution is 6.69. The number of hydrogen-bond donors (Lipinski definition) is 0. The molecule has 0 saturated carbocycles. The van der Waals surface area contributed by atoms with Crippen LogP contribution in [0.2, 0.25) is 19.6 Å². The van der Waals surface area contributed by atoms with Gasteiger partial charge in [-0.2, -0.15) is 5.26 Å². The zero-order chi connectivity index (χ0) is 9.83. The SMILES string of the molecule is C[Si](C)(C)OC(C#N)(CF)CF. The first kappa shape index (κ1) is 11.5. The molecule has 0 aromatic heterocycles. The molecular weight excluding hydrogens is 180 g/mol. The molecule has 0 N–H and O–H groups in total. The maximum Gasteiger partial charge on any atom is 0.201 e. The standard InChI is InChI=1S/C7H13F2NOSi/c1-12(2,3)11-7(4-8,5-9)6-10/h4-5H2,1-3H3.